The molecular weight excluding hydrogens is 464 g/mol. The molecule has 0 aliphatic heterocycles. The van der Waals surface area contributed by atoms with Crippen molar-refractivity contribution < 1.29 is 19.5 Å². The summed E-state index contributed by atoms with van der Waals surface area (Å²) < 4.78 is 0. The zero-order valence-corrected chi connectivity index (χ0v) is 20.8. The Balaban J connectivity index is 1.61. The fourth-order valence-electron chi connectivity index (χ4n) is 3.83. The van der Waals surface area contributed by atoms with E-state index in [9.17, 15) is 19.5 Å². The van der Waals surface area contributed by atoms with Gasteiger partial charge in [-0.1, -0.05) is 48.0 Å². The van der Waals surface area contributed by atoms with Crippen LogP contribution in [-0.2, 0) is 27.2 Å². The Hall–Kier alpha value is -3.30. The summed E-state index contributed by atoms with van der Waals surface area (Å²) >= 11 is 4.09. The monoisotopic (exact) mass is 496 g/mol. The summed E-state index contributed by atoms with van der Waals surface area (Å²) in [6.45, 7) is 3.87. The highest BCUT2D eigenvalue weighted by Gasteiger charge is 2.22. The van der Waals surface area contributed by atoms with Gasteiger partial charge in [0.05, 0.1) is 6.42 Å². The molecular formula is C26H32N4O4S. The number of aliphatic carboxylic acids is 1. The van der Waals surface area contributed by atoms with Gasteiger partial charge in [0.25, 0.3) is 0 Å². The third kappa shape index (κ3) is 7.60. The Morgan fingerprint density at radius 2 is 1.77 bits per heavy atom. The van der Waals surface area contributed by atoms with Crippen LogP contribution < -0.4 is 16.0 Å². The lowest BCUT2D eigenvalue weighted by Crippen LogP contribution is -2.53. The molecule has 0 fully saturated rings. The van der Waals surface area contributed by atoms with Crippen molar-refractivity contribution in [2.45, 2.75) is 44.8 Å². The average Bonchev–Trinajstić information content (AvgIpc) is 3.23. The molecule has 2 amide bonds. The van der Waals surface area contributed by atoms with Crippen LogP contribution in [0.1, 0.15) is 23.6 Å². The van der Waals surface area contributed by atoms with E-state index in [-0.39, 0.29) is 36.6 Å². The topological polar surface area (TPSA) is 123 Å². The van der Waals surface area contributed by atoms with E-state index >= 15 is 0 Å². The van der Waals surface area contributed by atoms with Crippen LogP contribution in [0.4, 0.5) is 0 Å². The van der Waals surface area contributed by atoms with Crippen LogP contribution in [0, 0.1) is 6.92 Å². The maximum Gasteiger partial charge on any atom is 0.321 e. The quantitative estimate of drug-likeness (QED) is 0.215. The summed E-state index contributed by atoms with van der Waals surface area (Å²) in [6.07, 6.45) is 2.46. The SMILES string of the molecule is Cc1ccc(CC(CNC(CS)C(=O)O)NC(=O)C(C)NC(=O)Cc2c[nH]c3ccccc23)cc1. The number of hydrogen-bond acceptors (Lipinski definition) is 5. The number of fused-ring (bicyclic) bond motifs is 1. The summed E-state index contributed by atoms with van der Waals surface area (Å²) in [5.41, 5.74) is 3.95. The molecule has 3 unspecified atom stereocenters. The molecule has 0 saturated heterocycles. The molecule has 186 valence electrons. The molecule has 1 heterocycles. The van der Waals surface area contributed by atoms with Crippen molar-refractivity contribution in [1.29, 1.82) is 0 Å². The Kier molecular flexibility index (Phi) is 9.33. The van der Waals surface area contributed by atoms with E-state index in [2.05, 4.69) is 33.6 Å². The molecule has 0 radical (unpaired) electrons. The lowest BCUT2D eigenvalue weighted by Gasteiger charge is -2.24. The van der Waals surface area contributed by atoms with Crippen LogP contribution in [0.25, 0.3) is 10.9 Å². The molecule has 1 aromatic heterocycles. The number of benzene rings is 2. The number of H-pyrrole nitrogens is 1. The first kappa shape index (κ1) is 26.3. The number of para-hydroxylation sites is 1. The van der Waals surface area contributed by atoms with Gasteiger partial charge in [-0.05, 0) is 37.5 Å². The number of hydrogen-bond donors (Lipinski definition) is 6. The number of aryl methyl sites for hydroxylation is 1. The number of carboxylic acids is 1. The van der Waals surface area contributed by atoms with Crippen molar-refractivity contribution in [2.24, 2.45) is 0 Å². The number of nitrogens with one attached hydrogen (secondary N) is 4. The Labute approximate surface area is 210 Å². The van der Waals surface area contributed by atoms with E-state index in [0.29, 0.717) is 6.42 Å². The zero-order chi connectivity index (χ0) is 25.4. The second-order valence-corrected chi connectivity index (χ2v) is 9.07. The number of thiol groups is 1. The van der Waals surface area contributed by atoms with Gasteiger partial charge in [-0.15, -0.1) is 0 Å². The predicted octanol–water partition coefficient (Wildman–Crippen LogP) is 2.22. The largest absolute Gasteiger partial charge is 0.480 e. The number of amides is 2. The van der Waals surface area contributed by atoms with E-state index in [1.807, 2.05) is 55.5 Å². The van der Waals surface area contributed by atoms with Gasteiger partial charge in [0.1, 0.15) is 12.1 Å². The number of carboxylic acid groups (broad SMARTS) is 1. The summed E-state index contributed by atoms with van der Waals surface area (Å²) in [5, 5.41) is 18.9. The Morgan fingerprint density at radius 1 is 1.06 bits per heavy atom. The van der Waals surface area contributed by atoms with Gasteiger partial charge < -0.3 is 26.0 Å². The highest BCUT2D eigenvalue weighted by molar-refractivity contribution is 7.80. The first-order valence-electron chi connectivity index (χ1n) is 11.5. The van der Waals surface area contributed by atoms with Crippen LogP contribution in [0.2, 0.25) is 0 Å². The Morgan fingerprint density at radius 3 is 2.46 bits per heavy atom. The number of aromatic amines is 1. The number of rotatable bonds is 12. The van der Waals surface area contributed by atoms with Crippen LogP contribution in [0.15, 0.2) is 54.7 Å². The molecule has 9 heteroatoms. The van der Waals surface area contributed by atoms with Crippen LogP contribution >= 0.6 is 12.6 Å². The highest BCUT2D eigenvalue weighted by atomic mass is 32.1. The molecule has 0 aliphatic carbocycles. The Bertz CT molecular complexity index is 1160. The van der Waals surface area contributed by atoms with Crippen molar-refractivity contribution >= 4 is 41.3 Å². The van der Waals surface area contributed by atoms with Gasteiger partial charge in [-0.25, -0.2) is 0 Å². The molecule has 35 heavy (non-hydrogen) atoms. The van der Waals surface area contributed by atoms with Crippen LogP contribution in [0.5, 0.6) is 0 Å². The van der Waals surface area contributed by atoms with E-state index in [4.69, 9.17) is 0 Å². The number of carbonyl (C=O) groups excluding carboxylic acids is 2. The van der Waals surface area contributed by atoms with Gasteiger partial charge in [0.2, 0.25) is 11.8 Å². The van der Waals surface area contributed by atoms with E-state index in [1.54, 1.807) is 13.1 Å². The lowest BCUT2D eigenvalue weighted by molar-refractivity contribution is -0.138. The maximum atomic E-state index is 12.9. The van der Waals surface area contributed by atoms with Gasteiger partial charge in [-0.2, -0.15) is 12.6 Å². The summed E-state index contributed by atoms with van der Waals surface area (Å²) in [5.74, 6) is -1.47. The molecule has 2 aromatic carbocycles. The normalized spacial score (nSPS) is 13.7. The van der Waals surface area contributed by atoms with E-state index < -0.39 is 18.1 Å². The third-order valence-electron chi connectivity index (χ3n) is 5.84. The number of carbonyl (C=O) groups is 3. The first-order valence-corrected chi connectivity index (χ1v) is 12.2. The van der Waals surface area contributed by atoms with E-state index in [1.165, 1.54) is 0 Å². The second kappa shape index (κ2) is 12.4. The minimum absolute atomic E-state index is 0.126. The summed E-state index contributed by atoms with van der Waals surface area (Å²) in [7, 11) is 0. The van der Waals surface area contributed by atoms with Crippen molar-refractivity contribution in [3.8, 4) is 0 Å². The fraction of sp³-hybridized carbons (Fsp3) is 0.346. The second-order valence-electron chi connectivity index (χ2n) is 8.70. The van der Waals surface area contributed by atoms with Crippen molar-refractivity contribution in [3.63, 3.8) is 0 Å². The first-order chi connectivity index (χ1) is 16.8. The molecule has 8 nitrogen and oxygen atoms in total. The van der Waals surface area contributed by atoms with Gasteiger partial charge in [0.15, 0.2) is 0 Å². The highest BCUT2D eigenvalue weighted by Crippen LogP contribution is 2.18. The molecule has 0 saturated carbocycles. The standard InChI is InChI=1S/C26H32N4O4S/c1-16-7-9-18(10-8-16)11-20(14-28-23(15-35)26(33)34)30-25(32)17(2)29-24(31)12-19-13-27-22-6-4-3-5-21(19)22/h3-10,13,17,20,23,27-28,35H,11-12,14-15H2,1-2H3,(H,29,31)(H,30,32)(H,33,34). The summed E-state index contributed by atoms with van der Waals surface area (Å²) in [4.78, 5) is 40.0. The molecule has 3 atom stereocenters. The number of aromatic nitrogens is 1. The smallest absolute Gasteiger partial charge is 0.321 e. The molecule has 0 spiro atoms. The third-order valence-corrected chi connectivity index (χ3v) is 6.20. The van der Waals surface area contributed by atoms with Crippen molar-refractivity contribution in [2.75, 3.05) is 12.3 Å². The zero-order valence-electron chi connectivity index (χ0n) is 19.9. The molecule has 0 bridgehead atoms. The van der Waals surface area contributed by atoms with Crippen LogP contribution in [0.3, 0.4) is 0 Å². The molecule has 5 N–H and O–H groups in total. The maximum absolute atomic E-state index is 12.9. The van der Waals surface area contributed by atoms with E-state index in [0.717, 1.165) is 27.6 Å². The predicted molar refractivity (Wildman–Crippen MR) is 140 cm³/mol. The molecule has 0 aliphatic rings. The summed E-state index contributed by atoms with van der Waals surface area (Å²) in [6, 6.07) is 13.7. The van der Waals surface area contributed by atoms with Gasteiger partial charge in [-0.3, -0.25) is 14.4 Å². The molecule has 3 aromatic rings. The van der Waals surface area contributed by atoms with Gasteiger partial charge >= 0.3 is 5.97 Å². The van der Waals surface area contributed by atoms with Crippen molar-refractivity contribution in [1.82, 2.24) is 20.9 Å². The van der Waals surface area contributed by atoms with Crippen LogP contribution in [-0.4, -0.2) is 58.3 Å². The average molecular weight is 497 g/mol. The van der Waals surface area contributed by atoms with Crippen molar-refractivity contribution in [3.05, 3.63) is 71.4 Å². The molecule has 3 rings (SSSR count). The fourth-order valence-corrected chi connectivity index (χ4v) is 4.12. The lowest BCUT2D eigenvalue weighted by atomic mass is 10.0. The minimum Gasteiger partial charge on any atom is -0.480 e. The van der Waals surface area contributed by atoms with Gasteiger partial charge in [0, 0.05) is 35.4 Å². The minimum atomic E-state index is -1.00.